The lowest BCUT2D eigenvalue weighted by molar-refractivity contribution is 0.394. The molecule has 0 saturated carbocycles. The van der Waals surface area contributed by atoms with E-state index in [1.807, 2.05) is 39.0 Å². The van der Waals surface area contributed by atoms with Crippen molar-refractivity contribution in [2.75, 3.05) is 7.11 Å². The molecule has 0 amide bonds. The molecular formula is C13H16N2O2. The van der Waals surface area contributed by atoms with Gasteiger partial charge in [-0.25, -0.2) is 4.98 Å². The average Bonchev–Trinajstić information content (AvgIpc) is 2.26. The Morgan fingerprint density at radius 1 is 1.29 bits per heavy atom. The lowest BCUT2D eigenvalue weighted by Gasteiger charge is -2.24. The Kier molecular flexibility index (Phi) is 2.65. The molecule has 0 N–H and O–H groups in total. The summed E-state index contributed by atoms with van der Waals surface area (Å²) in [7, 11) is 1.61. The number of aromatic nitrogens is 2. The van der Waals surface area contributed by atoms with E-state index in [0.29, 0.717) is 0 Å². The first-order valence-electron chi connectivity index (χ1n) is 5.50. The third kappa shape index (κ3) is 2.02. The van der Waals surface area contributed by atoms with Gasteiger partial charge in [-0.15, -0.1) is 0 Å². The molecule has 0 saturated heterocycles. The predicted octanol–water partition coefficient (Wildman–Crippen LogP) is 2.16. The van der Waals surface area contributed by atoms with Crippen LogP contribution >= 0.6 is 0 Å². The van der Waals surface area contributed by atoms with Crippen molar-refractivity contribution in [2.24, 2.45) is 0 Å². The van der Waals surface area contributed by atoms with Crippen molar-refractivity contribution in [1.29, 1.82) is 0 Å². The summed E-state index contributed by atoms with van der Waals surface area (Å²) in [6.45, 7) is 5.98. The van der Waals surface area contributed by atoms with Gasteiger partial charge in [-0.05, 0) is 32.9 Å². The molecule has 0 bridgehead atoms. The second-order valence-electron chi connectivity index (χ2n) is 4.96. The van der Waals surface area contributed by atoms with Crippen molar-refractivity contribution < 1.29 is 4.74 Å². The first-order chi connectivity index (χ1) is 7.93. The summed E-state index contributed by atoms with van der Waals surface area (Å²) in [5, 5.41) is 0. The van der Waals surface area contributed by atoms with Gasteiger partial charge in [0.25, 0.3) is 5.56 Å². The second-order valence-corrected chi connectivity index (χ2v) is 4.96. The standard InChI is InChI=1S/C13H16N2O2/c1-13(2,3)15-11-7-9(17-4)5-6-10(11)14-8-12(15)16/h5-8H,1-4H3. The van der Waals surface area contributed by atoms with Gasteiger partial charge >= 0.3 is 0 Å². The number of benzene rings is 1. The molecule has 1 heterocycles. The Balaban J connectivity index is 2.88. The molecule has 4 heteroatoms. The fourth-order valence-electron chi connectivity index (χ4n) is 1.91. The third-order valence-electron chi connectivity index (χ3n) is 2.63. The number of hydrogen-bond donors (Lipinski definition) is 0. The van der Waals surface area contributed by atoms with E-state index in [-0.39, 0.29) is 11.1 Å². The topological polar surface area (TPSA) is 44.1 Å². The van der Waals surface area contributed by atoms with E-state index in [1.165, 1.54) is 6.20 Å². The highest BCUT2D eigenvalue weighted by molar-refractivity contribution is 5.76. The highest BCUT2D eigenvalue weighted by atomic mass is 16.5. The van der Waals surface area contributed by atoms with Crippen LogP contribution < -0.4 is 10.3 Å². The molecule has 90 valence electrons. The van der Waals surface area contributed by atoms with Gasteiger partial charge in [0.2, 0.25) is 0 Å². The van der Waals surface area contributed by atoms with Crippen LogP contribution in [0, 0.1) is 0 Å². The summed E-state index contributed by atoms with van der Waals surface area (Å²) >= 11 is 0. The molecule has 2 rings (SSSR count). The molecule has 0 atom stereocenters. The van der Waals surface area contributed by atoms with Crippen molar-refractivity contribution in [2.45, 2.75) is 26.3 Å². The van der Waals surface area contributed by atoms with E-state index in [9.17, 15) is 4.79 Å². The molecule has 0 unspecified atom stereocenters. The number of rotatable bonds is 1. The molecule has 4 nitrogen and oxygen atoms in total. The van der Waals surface area contributed by atoms with Crippen LogP contribution in [0.2, 0.25) is 0 Å². The molecule has 0 spiro atoms. The molecule has 17 heavy (non-hydrogen) atoms. The minimum absolute atomic E-state index is 0.0988. The van der Waals surface area contributed by atoms with Gasteiger partial charge in [0.05, 0.1) is 24.3 Å². The van der Waals surface area contributed by atoms with Crippen molar-refractivity contribution in [3.8, 4) is 5.75 Å². The largest absolute Gasteiger partial charge is 0.497 e. The maximum atomic E-state index is 11.9. The van der Waals surface area contributed by atoms with E-state index in [2.05, 4.69) is 4.98 Å². The van der Waals surface area contributed by atoms with E-state index in [0.717, 1.165) is 16.8 Å². The van der Waals surface area contributed by atoms with Crippen molar-refractivity contribution in [3.63, 3.8) is 0 Å². The van der Waals surface area contributed by atoms with Gasteiger partial charge in [0, 0.05) is 11.6 Å². The van der Waals surface area contributed by atoms with Gasteiger partial charge in [0.15, 0.2) is 0 Å². The average molecular weight is 232 g/mol. The summed E-state index contributed by atoms with van der Waals surface area (Å²) in [6.07, 6.45) is 1.36. The molecule has 0 aliphatic rings. The lowest BCUT2D eigenvalue weighted by Crippen LogP contribution is -2.33. The summed E-state index contributed by atoms with van der Waals surface area (Å²) in [5.41, 5.74) is 1.20. The fraction of sp³-hybridized carbons (Fsp3) is 0.385. The van der Waals surface area contributed by atoms with Crippen molar-refractivity contribution >= 4 is 11.0 Å². The Morgan fingerprint density at radius 2 is 2.00 bits per heavy atom. The smallest absolute Gasteiger partial charge is 0.269 e. The summed E-state index contributed by atoms with van der Waals surface area (Å²) in [5.74, 6) is 0.725. The fourth-order valence-corrected chi connectivity index (χ4v) is 1.91. The Morgan fingerprint density at radius 3 is 2.59 bits per heavy atom. The van der Waals surface area contributed by atoms with Crippen LogP contribution in [0.5, 0.6) is 5.75 Å². The SMILES string of the molecule is COc1ccc2ncc(=O)n(C(C)(C)C)c2c1. The summed E-state index contributed by atoms with van der Waals surface area (Å²) < 4.78 is 6.92. The maximum absolute atomic E-state index is 11.9. The normalized spacial score (nSPS) is 11.8. The highest BCUT2D eigenvalue weighted by Crippen LogP contribution is 2.22. The van der Waals surface area contributed by atoms with Gasteiger partial charge in [-0.1, -0.05) is 0 Å². The molecule has 2 aromatic rings. The number of nitrogens with zero attached hydrogens (tertiary/aromatic N) is 2. The molecule has 0 radical (unpaired) electrons. The van der Waals surface area contributed by atoms with Crippen LogP contribution in [0.3, 0.4) is 0 Å². The minimum Gasteiger partial charge on any atom is -0.497 e. The monoisotopic (exact) mass is 232 g/mol. The molecule has 0 fully saturated rings. The van der Waals surface area contributed by atoms with E-state index in [4.69, 9.17) is 4.74 Å². The van der Waals surface area contributed by atoms with Crippen LogP contribution in [-0.2, 0) is 5.54 Å². The molecule has 0 aliphatic carbocycles. The van der Waals surface area contributed by atoms with Crippen LogP contribution in [0.4, 0.5) is 0 Å². The second kappa shape index (κ2) is 3.87. The van der Waals surface area contributed by atoms with E-state index < -0.39 is 0 Å². The van der Waals surface area contributed by atoms with Crippen LogP contribution in [0.25, 0.3) is 11.0 Å². The van der Waals surface area contributed by atoms with E-state index >= 15 is 0 Å². The number of methoxy groups -OCH3 is 1. The van der Waals surface area contributed by atoms with E-state index in [1.54, 1.807) is 11.7 Å². The van der Waals surface area contributed by atoms with Gasteiger partial charge in [-0.2, -0.15) is 0 Å². The molecule has 1 aromatic heterocycles. The van der Waals surface area contributed by atoms with Crippen molar-refractivity contribution in [3.05, 3.63) is 34.7 Å². The summed E-state index contributed by atoms with van der Waals surface area (Å²) in [4.78, 5) is 16.1. The molecular weight excluding hydrogens is 216 g/mol. The molecule has 0 aliphatic heterocycles. The third-order valence-corrected chi connectivity index (χ3v) is 2.63. The van der Waals surface area contributed by atoms with Crippen LogP contribution in [-0.4, -0.2) is 16.7 Å². The Labute approximate surface area is 99.9 Å². The predicted molar refractivity (Wildman–Crippen MR) is 67.6 cm³/mol. The van der Waals surface area contributed by atoms with Gasteiger partial charge < -0.3 is 4.74 Å². The first kappa shape index (κ1) is 11.6. The molecule has 1 aromatic carbocycles. The van der Waals surface area contributed by atoms with Crippen LogP contribution in [0.1, 0.15) is 20.8 Å². The van der Waals surface area contributed by atoms with Crippen LogP contribution in [0.15, 0.2) is 29.2 Å². The van der Waals surface area contributed by atoms with Gasteiger partial charge in [-0.3, -0.25) is 9.36 Å². The minimum atomic E-state index is -0.287. The summed E-state index contributed by atoms with van der Waals surface area (Å²) in [6, 6.07) is 5.54. The maximum Gasteiger partial charge on any atom is 0.269 e. The zero-order valence-electron chi connectivity index (χ0n) is 10.5. The number of ether oxygens (including phenoxy) is 1. The van der Waals surface area contributed by atoms with Gasteiger partial charge in [0.1, 0.15) is 5.75 Å². The quantitative estimate of drug-likeness (QED) is 0.756. The first-order valence-corrected chi connectivity index (χ1v) is 5.50. The zero-order chi connectivity index (χ0) is 12.6. The number of hydrogen-bond acceptors (Lipinski definition) is 3. The number of fused-ring (bicyclic) bond motifs is 1. The zero-order valence-corrected chi connectivity index (χ0v) is 10.5. The van der Waals surface area contributed by atoms with Crippen molar-refractivity contribution in [1.82, 2.24) is 9.55 Å². The Bertz CT molecular complexity index is 609. The lowest BCUT2D eigenvalue weighted by atomic mass is 10.1. The highest BCUT2D eigenvalue weighted by Gasteiger charge is 2.18. The Hall–Kier alpha value is -1.84.